The van der Waals surface area contributed by atoms with Crippen LogP contribution in [0.25, 0.3) is 0 Å². The number of rotatable bonds is 7. The highest BCUT2D eigenvalue weighted by molar-refractivity contribution is 5.83. The summed E-state index contributed by atoms with van der Waals surface area (Å²) in [6, 6.07) is 7.31. The Balaban J connectivity index is 2.57. The number of ether oxygens (including phenoxy) is 2. The fraction of sp³-hybridized carbons (Fsp3) is 0.500. The molecule has 19 heavy (non-hydrogen) atoms. The fourth-order valence-electron chi connectivity index (χ4n) is 1.75. The summed E-state index contributed by atoms with van der Waals surface area (Å²) < 4.78 is 11.0. The van der Waals surface area contributed by atoms with Gasteiger partial charge in [0.1, 0.15) is 11.5 Å². The maximum atomic E-state index is 11.2. The molecule has 4 N–H and O–H groups in total. The molecule has 0 aliphatic carbocycles. The van der Waals surface area contributed by atoms with Crippen LogP contribution in [0.1, 0.15) is 27.2 Å². The van der Waals surface area contributed by atoms with E-state index in [1.807, 2.05) is 38.1 Å². The van der Waals surface area contributed by atoms with Crippen LogP contribution in [0, 0.1) is 0 Å². The summed E-state index contributed by atoms with van der Waals surface area (Å²) in [7, 11) is 0. The molecule has 0 spiro atoms. The molecule has 106 valence electrons. The van der Waals surface area contributed by atoms with Crippen molar-refractivity contribution in [2.24, 2.45) is 11.5 Å². The average Bonchev–Trinajstić information content (AvgIpc) is 2.31. The molecule has 0 saturated carbocycles. The molecular weight excluding hydrogens is 244 g/mol. The quantitative estimate of drug-likeness (QED) is 0.781. The number of carbonyl (C=O) groups excluding carboxylic acids is 1. The predicted molar refractivity (Wildman–Crippen MR) is 74.1 cm³/mol. The summed E-state index contributed by atoms with van der Waals surface area (Å²) in [5.41, 5.74) is 9.97. The van der Waals surface area contributed by atoms with Gasteiger partial charge in [0.25, 0.3) is 0 Å². The van der Waals surface area contributed by atoms with Gasteiger partial charge in [-0.15, -0.1) is 0 Å². The van der Waals surface area contributed by atoms with Gasteiger partial charge in [-0.2, -0.15) is 0 Å². The van der Waals surface area contributed by atoms with Crippen LogP contribution in [0.4, 0.5) is 0 Å². The van der Waals surface area contributed by atoms with Gasteiger partial charge in [-0.25, -0.2) is 0 Å². The van der Waals surface area contributed by atoms with Crippen molar-refractivity contribution in [2.45, 2.75) is 38.8 Å². The topological polar surface area (TPSA) is 87.6 Å². The van der Waals surface area contributed by atoms with Gasteiger partial charge in [0.05, 0.1) is 18.2 Å². The number of nitrogens with two attached hydrogens (primary N) is 2. The Labute approximate surface area is 113 Å². The van der Waals surface area contributed by atoms with Crippen molar-refractivity contribution in [1.82, 2.24) is 0 Å². The van der Waals surface area contributed by atoms with Gasteiger partial charge < -0.3 is 20.9 Å². The summed E-state index contributed by atoms with van der Waals surface area (Å²) in [4.78, 5) is 11.2. The minimum atomic E-state index is -1.06. The van der Waals surface area contributed by atoms with E-state index in [4.69, 9.17) is 20.9 Å². The van der Waals surface area contributed by atoms with Gasteiger partial charge >= 0.3 is 0 Å². The minimum Gasteiger partial charge on any atom is -0.494 e. The van der Waals surface area contributed by atoms with Crippen LogP contribution >= 0.6 is 0 Å². The number of amides is 1. The largest absolute Gasteiger partial charge is 0.494 e. The highest BCUT2D eigenvalue weighted by Crippen LogP contribution is 2.20. The Kier molecular flexibility index (Phi) is 5.18. The maximum absolute atomic E-state index is 11.2. The third kappa shape index (κ3) is 4.79. The molecule has 0 aliphatic heterocycles. The molecule has 1 rings (SSSR count). The molecule has 0 radical (unpaired) electrons. The fourth-order valence-corrected chi connectivity index (χ4v) is 1.75. The monoisotopic (exact) mass is 266 g/mol. The van der Waals surface area contributed by atoms with Gasteiger partial charge in [-0.3, -0.25) is 4.79 Å². The lowest BCUT2D eigenvalue weighted by Crippen LogP contribution is -2.51. The van der Waals surface area contributed by atoms with Gasteiger partial charge in [0.2, 0.25) is 5.91 Å². The normalized spacial score (nSPS) is 15.4. The zero-order valence-electron chi connectivity index (χ0n) is 11.7. The first-order valence-electron chi connectivity index (χ1n) is 6.33. The van der Waals surface area contributed by atoms with Gasteiger partial charge in [0, 0.05) is 6.42 Å². The summed E-state index contributed by atoms with van der Waals surface area (Å²) in [6.45, 7) is 6.01. The van der Waals surface area contributed by atoms with Crippen LogP contribution < -0.4 is 20.9 Å². The summed E-state index contributed by atoms with van der Waals surface area (Å²) in [5, 5.41) is 0. The van der Waals surface area contributed by atoms with E-state index in [0.717, 1.165) is 5.75 Å². The molecule has 1 aromatic rings. The Bertz CT molecular complexity index is 415. The second-order valence-electron chi connectivity index (χ2n) is 4.82. The first-order chi connectivity index (χ1) is 8.85. The van der Waals surface area contributed by atoms with Gasteiger partial charge in [-0.05, 0) is 45.0 Å². The predicted octanol–water partition coefficient (Wildman–Crippen LogP) is 1.45. The molecule has 0 heterocycles. The van der Waals surface area contributed by atoms with Gasteiger partial charge in [-0.1, -0.05) is 0 Å². The van der Waals surface area contributed by atoms with Crippen molar-refractivity contribution in [2.75, 3.05) is 6.61 Å². The van der Waals surface area contributed by atoms with Gasteiger partial charge in [0.15, 0.2) is 0 Å². The van der Waals surface area contributed by atoms with E-state index in [1.54, 1.807) is 6.92 Å². The van der Waals surface area contributed by atoms with E-state index in [2.05, 4.69) is 0 Å². The number of carbonyl (C=O) groups is 1. The second kappa shape index (κ2) is 6.43. The summed E-state index contributed by atoms with van der Waals surface area (Å²) >= 11 is 0. The number of hydrogen-bond donors (Lipinski definition) is 2. The Morgan fingerprint density at radius 2 is 1.84 bits per heavy atom. The van der Waals surface area contributed by atoms with Crippen molar-refractivity contribution in [3.63, 3.8) is 0 Å². The third-order valence-electron chi connectivity index (χ3n) is 2.75. The molecule has 2 unspecified atom stereocenters. The van der Waals surface area contributed by atoms with Crippen LogP contribution in [0.3, 0.4) is 0 Å². The molecule has 2 atom stereocenters. The van der Waals surface area contributed by atoms with Crippen LogP contribution in [0.5, 0.6) is 11.5 Å². The van der Waals surface area contributed by atoms with E-state index in [0.29, 0.717) is 18.8 Å². The Morgan fingerprint density at radius 3 is 2.32 bits per heavy atom. The molecule has 1 amide bonds. The smallest absolute Gasteiger partial charge is 0.237 e. The Morgan fingerprint density at radius 1 is 1.32 bits per heavy atom. The molecule has 0 fully saturated rings. The van der Waals surface area contributed by atoms with E-state index in [9.17, 15) is 4.79 Å². The molecule has 0 aromatic heterocycles. The third-order valence-corrected chi connectivity index (χ3v) is 2.75. The first-order valence-corrected chi connectivity index (χ1v) is 6.33. The molecule has 5 nitrogen and oxygen atoms in total. The highest BCUT2D eigenvalue weighted by Gasteiger charge is 2.28. The molecule has 0 aliphatic rings. The minimum absolute atomic E-state index is 0.208. The van der Waals surface area contributed by atoms with Crippen molar-refractivity contribution in [1.29, 1.82) is 0 Å². The van der Waals surface area contributed by atoms with Crippen LogP contribution in [0.2, 0.25) is 0 Å². The van der Waals surface area contributed by atoms with Crippen LogP contribution in [-0.2, 0) is 4.79 Å². The van der Waals surface area contributed by atoms with Crippen LogP contribution in [-0.4, -0.2) is 24.2 Å². The molecule has 1 aromatic carbocycles. The van der Waals surface area contributed by atoms with Crippen molar-refractivity contribution >= 4 is 5.91 Å². The van der Waals surface area contributed by atoms with E-state index >= 15 is 0 Å². The lowest BCUT2D eigenvalue weighted by atomic mass is 9.95. The maximum Gasteiger partial charge on any atom is 0.237 e. The lowest BCUT2D eigenvalue weighted by Gasteiger charge is -2.25. The highest BCUT2D eigenvalue weighted by atomic mass is 16.5. The van der Waals surface area contributed by atoms with E-state index < -0.39 is 11.4 Å². The summed E-state index contributed by atoms with van der Waals surface area (Å²) in [6.07, 6.45) is 0.149. The zero-order chi connectivity index (χ0) is 14.5. The molecule has 5 heteroatoms. The summed E-state index contributed by atoms with van der Waals surface area (Å²) in [5.74, 6) is 0.967. The molecule has 0 bridgehead atoms. The second-order valence-corrected chi connectivity index (χ2v) is 4.82. The van der Waals surface area contributed by atoms with Crippen molar-refractivity contribution in [3.05, 3.63) is 24.3 Å². The van der Waals surface area contributed by atoms with E-state index in [-0.39, 0.29) is 6.10 Å². The first kappa shape index (κ1) is 15.3. The number of hydrogen-bond acceptors (Lipinski definition) is 4. The molecule has 0 saturated heterocycles. The lowest BCUT2D eigenvalue weighted by molar-refractivity contribution is -0.123. The number of primary amides is 1. The molecular formula is C14H22N2O3. The van der Waals surface area contributed by atoms with Crippen molar-refractivity contribution in [3.8, 4) is 11.5 Å². The van der Waals surface area contributed by atoms with Crippen LogP contribution in [0.15, 0.2) is 24.3 Å². The standard InChI is InChI=1S/C14H22N2O3/c1-4-18-11-5-7-12(8-6-11)19-10(2)9-14(3,16)13(15)17/h5-8,10H,4,9,16H2,1-3H3,(H2,15,17). The zero-order valence-corrected chi connectivity index (χ0v) is 11.7. The number of benzene rings is 1. The average molecular weight is 266 g/mol. The van der Waals surface area contributed by atoms with E-state index in [1.165, 1.54) is 0 Å². The SMILES string of the molecule is CCOc1ccc(OC(C)CC(C)(N)C(N)=O)cc1. The Hall–Kier alpha value is -1.75. The van der Waals surface area contributed by atoms with Crippen molar-refractivity contribution < 1.29 is 14.3 Å².